The zero-order valence-electron chi connectivity index (χ0n) is 17.6. The number of hydrogen-bond donors (Lipinski definition) is 2. The van der Waals surface area contributed by atoms with Gasteiger partial charge in [-0.1, -0.05) is 41.1 Å². The smallest absolute Gasteiger partial charge is 0.295 e. The van der Waals surface area contributed by atoms with E-state index < -0.39 is 17.7 Å². The van der Waals surface area contributed by atoms with E-state index in [2.05, 4.69) is 15.9 Å². The Morgan fingerprint density at radius 2 is 1.97 bits per heavy atom. The van der Waals surface area contributed by atoms with Crippen LogP contribution in [0.3, 0.4) is 0 Å². The Labute approximate surface area is 190 Å². The van der Waals surface area contributed by atoms with Crippen molar-refractivity contribution >= 4 is 33.4 Å². The summed E-state index contributed by atoms with van der Waals surface area (Å²) >= 11 is 3.44. The van der Waals surface area contributed by atoms with Crippen molar-refractivity contribution in [1.82, 2.24) is 4.90 Å². The average Bonchev–Trinajstić information content (AvgIpc) is 3.01. The van der Waals surface area contributed by atoms with E-state index in [1.807, 2.05) is 19.9 Å². The van der Waals surface area contributed by atoms with Crippen molar-refractivity contribution in [3.63, 3.8) is 0 Å². The van der Waals surface area contributed by atoms with Crippen LogP contribution in [0.1, 0.15) is 42.5 Å². The lowest BCUT2D eigenvalue weighted by Gasteiger charge is -2.25. The first-order valence-electron chi connectivity index (χ1n) is 10.3. The molecule has 1 unspecified atom stereocenters. The van der Waals surface area contributed by atoms with Crippen LogP contribution in [0.5, 0.6) is 5.75 Å². The number of rotatable bonds is 8. The minimum absolute atomic E-state index is 0.0307. The fourth-order valence-electron chi connectivity index (χ4n) is 3.67. The maximum absolute atomic E-state index is 13.0. The lowest BCUT2D eigenvalue weighted by molar-refractivity contribution is -0.139. The Hall–Kier alpha value is -2.64. The number of aliphatic hydroxyl groups is 2. The number of aliphatic hydroxyl groups excluding tert-OH is 2. The van der Waals surface area contributed by atoms with Gasteiger partial charge in [-0.15, -0.1) is 0 Å². The summed E-state index contributed by atoms with van der Waals surface area (Å²) in [7, 11) is 0. The summed E-state index contributed by atoms with van der Waals surface area (Å²) in [6, 6.07) is 11.8. The molecule has 1 aliphatic heterocycles. The standard InChI is InChI=1S/C24H26BrNO5/c1-3-10-26-21(16-6-4-7-18(14-16)31-12-5-11-27)20(23(29)24(26)30)22(28)17-8-9-19(25)15(2)13-17/h4,6-9,13-14,21,27-28H,3,5,10-12H2,1-2H3/b22-20-. The number of halogens is 1. The monoisotopic (exact) mass is 487 g/mol. The molecule has 0 aromatic heterocycles. The van der Waals surface area contributed by atoms with Gasteiger partial charge in [-0.2, -0.15) is 0 Å². The molecule has 2 N–H and O–H groups in total. The predicted molar refractivity (Wildman–Crippen MR) is 122 cm³/mol. The van der Waals surface area contributed by atoms with Gasteiger partial charge in [0, 0.05) is 29.6 Å². The van der Waals surface area contributed by atoms with E-state index >= 15 is 0 Å². The Bertz CT molecular complexity index is 1020. The highest BCUT2D eigenvalue weighted by Gasteiger charge is 2.45. The molecule has 0 spiro atoms. The number of hydrogen-bond acceptors (Lipinski definition) is 5. The fourth-order valence-corrected chi connectivity index (χ4v) is 3.92. The number of amides is 1. The van der Waals surface area contributed by atoms with Gasteiger partial charge in [0.15, 0.2) is 0 Å². The molecule has 0 bridgehead atoms. The zero-order valence-corrected chi connectivity index (χ0v) is 19.2. The van der Waals surface area contributed by atoms with Crippen LogP contribution in [-0.4, -0.2) is 46.6 Å². The third kappa shape index (κ3) is 4.83. The highest BCUT2D eigenvalue weighted by molar-refractivity contribution is 9.10. The second kappa shape index (κ2) is 10.1. The third-order valence-corrected chi connectivity index (χ3v) is 6.07. The van der Waals surface area contributed by atoms with Gasteiger partial charge in [0.05, 0.1) is 18.2 Å². The molecule has 2 aromatic rings. The van der Waals surface area contributed by atoms with Crippen molar-refractivity contribution in [2.24, 2.45) is 0 Å². The van der Waals surface area contributed by atoms with E-state index in [9.17, 15) is 14.7 Å². The Morgan fingerprint density at radius 1 is 1.19 bits per heavy atom. The van der Waals surface area contributed by atoms with Crippen LogP contribution in [0.4, 0.5) is 0 Å². The van der Waals surface area contributed by atoms with Gasteiger partial charge >= 0.3 is 0 Å². The van der Waals surface area contributed by atoms with Crippen molar-refractivity contribution < 1.29 is 24.5 Å². The molecule has 7 heteroatoms. The van der Waals surface area contributed by atoms with Gasteiger partial charge in [-0.25, -0.2) is 0 Å². The number of benzene rings is 2. The number of carbonyl (C=O) groups is 2. The number of Topliss-reactive ketones (excluding diaryl/α,β-unsaturated/α-hetero) is 1. The first-order chi connectivity index (χ1) is 14.9. The highest BCUT2D eigenvalue weighted by Crippen LogP contribution is 2.40. The number of ketones is 1. The van der Waals surface area contributed by atoms with E-state index in [4.69, 9.17) is 9.84 Å². The summed E-state index contributed by atoms with van der Waals surface area (Å²) in [5, 5.41) is 20.1. The number of aryl methyl sites for hydroxylation is 1. The summed E-state index contributed by atoms with van der Waals surface area (Å²) in [4.78, 5) is 27.3. The maximum Gasteiger partial charge on any atom is 0.295 e. The second-order valence-corrected chi connectivity index (χ2v) is 8.31. The largest absolute Gasteiger partial charge is 0.507 e. The molecule has 1 atom stereocenters. The minimum Gasteiger partial charge on any atom is -0.507 e. The number of nitrogens with zero attached hydrogens (tertiary/aromatic N) is 1. The lowest BCUT2D eigenvalue weighted by atomic mass is 9.94. The number of ether oxygens (including phenoxy) is 1. The van der Waals surface area contributed by atoms with E-state index in [-0.39, 0.29) is 17.9 Å². The van der Waals surface area contributed by atoms with E-state index in [1.165, 1.54) is 4.90 Å². The Morgan fingerprint density at radius 3 is 2.65 bits per heavy atom. The molecule has 1 heterocycles. The van der Waals surface area contributed by atoms with Crippen LogP contribution in [0.25, 0.3) is 5.76 Å². The molecule has 0 radical (unpaired) electrons. The quantitative estimate of drug-likeness (QED) is 0.250. The molecule has 6 nitrogen and oxygen atoms in total. The van der Waals surface area contributed by atoms with Crippen molar-refractivity contribution in [3.05, 3.63) is 69.2 Å². The third-order valence-electron chi connectivity index (χ3n) is 5.18. The molecule has 0 saturated carbocycles. The SMILES string of the molecule is CCCN1C(=O)C(=O)/C(=C(\O)c2ccc(Br)c(C)c2)C1c1cccc(OCCCO)c1. The van der Waals surface area contributed by atoms with Gasteiger partial charge in [0.1, 0.15) is 11.5 Å². The summed E-state index contributed by atoms with van der Waals surface area (Å²) in [5.41, 5.74) is 2.15. The van der Waals surface area contributed by atoms with Gasteiger partial charge in [-0.3, -0.25) is 9.59 Å². The van der Waals surface area contributed by atoms with Gasteiger partial charge in [-0.05, 0) is 48.7 Å². The first kappa shape index (κ1) is 23.0. The fraction of sp³-hybridized carbons (Fsp3) is 0.333. The average molecular weight is 488 g/mol. The summed E-state index contributed by atoms with van der Waals surface area (Å²) in [5.74, 6) is -0.923. The van der Waals surface area contributed by atoms with Gasteiger partial charge < -0.3 is 19.8 Å². The predicted octanol–water partition coefficient (Wildman–Crippen LogP) is 4.35. The molecular weight excluding hydrogens is 462 g/mol. The van der Waals surface area contributed by atoms with Crippen LogP contribution in [-0.2, 0) is 9.59 Å². The number of likely N-dealkylation sites (tertiary alicyclic amines) is 1. The van der Waals surface area contributed by atoms with Crippen LogP contribution in [0, 0.1) is 6.92 Å². The second-order valence-electron chi connectivity index (χ2n) is 7.45. The van der Waals surface area contributed by atoms with Gasteiger partial charge in [0.25, 0.3) is 11.7 Å². The summed E-state index contributed by atoms with van der Waals surface area (Å²) in [6.07, 6.45) is 1.18. The van der Waals surface area contributed by atoms with E-state index in [0.717, 1.165) is 10.0 Å². The zero-order chi connectivity index (χ0) is 22.5. The molecule has 1 saturated heterocycles. The van der Waals surface area contributed by atoms with Gasteiger partial charge in [0.2, 0.25) is 0 Å². The normalized spacial score (nSPS) is 17.9. The summed E-state index contributed by atoms with van der Waals surface area (Å²) in [6.45, 7) is 4.60. The Balaban J connectivity index is 2.10. The highest BCUT2D eigenvalue weighted by atomic mass is 79.9. The maximum atomic E-state index is 13.0. The molecule has 1 fully saturated rings. The molecule has 1 amide bonds. The van der Waals surface area contributed by atoms with E-state index in [1.54, 1.807) is 36.4 Å². The Kier molecular flexibility index (Phi) is 7.51. The van der Waals surface area contributed by atoms with Crippen molar-refractivity contribution in [3.8, 4) is 5.75 Å². The molecule has 164 valence electrons. The van der Waals surface area contributed by atoms with Crippen LogP contribution in [0.2, 0.25) is 0 Å². The first-order valence-corrected chi connectivity index (χ1v) is 11.1. The molecule has 1 aliphatic rings. The minimum atomic E-state index is -0.703. The van der Waals surface area contributed by atoms with Crippen molar-refractivity contribution in [2.45, 2.75) is 32.7 Å². The van der Waals surface area contributed by atoms with Crippen LogP contribution >= 0.6 is 15.9 Å². The van der Waals surface area contributed by atoms with Crippen LogP contribution < -0.4 is 4.74 Å². The van der Waals surface area contributed by atoms with Crippen molar-refractivity contribution in [1.29, 1.82) is 0 Å². The molecule has 31 heavy (non-hydrogen) atoms. The molecule has 2 aromatic carbocycles. The number of carbonyl (C=O) groups excluding carboxylic acids is 2. The van der Waals surface area contributed by atoms with Crippen LogP contribution in [0.15, 0.2) is 52.5 Å². The topological polar surface area (TPSA) is 87.1 Å². The van der Waals surface area contributed by atoms with E-state index in [0.29, 0.717) is 42.9 Å². The summed E-state index contributed by atoms with van der Waals surface area (Å²) < 4.78 is 6.56. The molecular formula is C24H26BrNO5. The van der Waals surface area contributed by atoms with Crippen molar-refractivity contribution in [2.75, 3.05) is 19.8 Å². The molecule has 0 aliphatic carbocycles. The molecule has 3 rings (SSSR count). The lowest BCUT2D eigenvalue weighted by Crippen LogP contribution is -2.30.